The van der Waals surface area contributed by atoms with Crippen molar-refractivity contribution in [3.8, 4) is 35.4 Å². The van der Waals surface area contributed by atoms with Gasteiger partial charge in [-0.1, -0.05) is 40.5 Å². The van der Waals surface area contributed by atoms with E-state index in [2.05, 4.69) is 20.5 Å². The molecular weight excluding hydrogens is 744 g/mol. The predicted molar refractivity (Wildman–Crippen MR) is 199 cm³/mol. The molecule has 2 aliphatic heterocycles. The Kier molecular flexibility index (Phi) is 11.1. The van der Waals surface area contributed by atoms with Crippen LogP contribution in [-0.2, 0) is 25.9 Å². The number of non-ortho nitro benzene ring substituents is 2. The van der Waals surface area contributed by atoms with Gasteiger partial charge in [-0.15, -0.1) is 20.5 Å². The van der Waals surface area contributed by atoms with Crippen LogP contribution in [-0.4, -0.2) is 25.1 Å². The van der Waals surface area contributed by atoms with Crippen molar-refractivity contribution < 1.29 is 28.8 Å². The number of rotatable bonds is 10. The van der Waals surface area contributed by atoms with E-state index in [0.717, 1.165) is 33.4 Å². The molecule has 0 bridgehead atoms. The zero-order valence-electron chi connectivity index (χ0n) is 31.2. The van der Waals surface area contributed by atoms with E-state index < -0.39 is 38.5 Å². The molecule has 0 aliphatic carbocycles. The second-order valence-electron chi connectivity index (χ2n) is 12.7. The van der Waals surface area contributed by atoms with Gasteiger partial charge in [0.2, 0.25) is 11.8 Å². The molecular formula is C37H34N10O10. The molecule has 0 atom stereocenters. The molecule has 4 heterocycles. The monoisotopic (exact) mass is 778 g/mol. The number of unbranched alkanes of at least 4 members (excludes halogenated alkanes) is 2. The van der Waals surface area contributed by atoms with Gasteiger partial charge < -0.3 is 18.9 Å². The number of nitriles is 2. The van der Waals surface area contributed by atoms with Gasteiger partial charge >= 0.3 is 6.16 Å². The Morgan fingerprint density at radius 3 is 1.40 bits per heavy atom. The van der Waals surface area contributed by atoms with Crippen LogP contribution < -0.4 is 30.1 Å². The summed E-state index contributed by atoms with van der Waals surface area (Å²) in [4.78, 5) is 50.8. The van der Waals surface area contributed by atoms with Crippen molar-refractivity contribution in [2.45, 2.75) is 85.5 Å². The van der Waals surface area contributed by atoms with E-state index >= 15 is 0 Å². The fraction of sp³-hybridized carbons (Fsp3) is 0.351. The van der Waals surface area contributed by atoms with Gasteiger partial charge in [-0.3, -0.25) is 39.0 Å². The lowest BCUT2D eigenvalue weighted by Gasteiger charge is -2.34. The topological polar surface area (TPSA) is 264 Å². The van der Waals surface area contributed by atoms with Gasteiger partial charge in [0.05, 0.1) is 9.85 Å². The number of nitro groups is 2. The van der Waals surface area contributed by atoms with Crippen LogP contribution in [0, 0.1) is 42.9 Å². The van der Waals surface area contributed by atoms with Crippen LogP contribution in [0.15, 0.2) is 66.4 Å². The summed E-state index contributed by atoms with van der Waals surface area (Å²) >= 11 is 0. The molecule has 0 saturated heterocycles. The maximum atomic E-state index is 14.1. The maximum Gasteiger partial charge on any atom is 0.613 e. The lowest BCUT2D eigenvalue weighted by Crippen LogP contribution is -2.55. The summed E-state index contributed by atoms with van der Waals surface area (Å²) < 4.78 is 28.5. The largest absolute Gasteiger partial charge is 0.613 e. The third kappa shape index (κ3) is 7.23. The first-order chi connectivity index (χ1) is 27.4. The summed E-state index contributed by atoms with van der Waals surface area (Å²) in [6, 6.07) is 10.6. The molecule has 6 rings (SSSR count). The van der Waals surface area contributed by atoms with E-state index in [1.54, 1.807) is 13.8 Å². The molecule has 2 aliphatic rings. The second-order valence-corrected chi connectivity index (χ2v) is 12.7. The highest BCUT2D eigenvalue weighted by molar-refractivity contribution is 5.65. The maximum absolute atomic E-state index is 14.1. The van der Waals surface area contributed by atoms with Gasteiger partial charge in [0.15, 0.2) is 22.9 Å². The van der Waals surface area contributed by atoms with Crippen LogP contribution in [0.5, 0.6) is 23.3 Å². The normalized spacial score (nSPS) is 15.1. The number of fused-ring (bicyclic) bond motifs is 4. The first-order valence-corrected chi connectivity index (χ1v) is 18.0. The van der Waals surface area contributed by atoms with E-state index in [4.69, 9.17) is 18.9 Å². The van der Waals surface area contributed by atoms with Crippen LogP contribution in [0.2, 0.25) is 0 Å². The zero-order chi connectivity index (χ0) is 41.0. The van der Waals surface area contributed by atoms with Crippen molar-refractivity contribution in [1.82, 2.24) is 9.13 Å². The minimum absolute atomic E-state index is 0.0167. The molecule has 2 aromatic heterocycles. The van der Waals surface area contributed by atoms with Crippen LogP contribution in [0.1, 0.15) is 75.6 Å². The molecule has 0 unspecified atom stereocenters. The van der Waals surface area contributed by atoms with Crippen LogP contribution in [0.4, 0.5) is 34.1 Å². The summed E-state index contributed by atoms with van der Waals surface area (Å²) in [5, 5.41) is 61.6. The van der Waals surface area contributed by atoms with E-state index in [-0.39, 0.29) is 94.2 Å². The number of hydrogen-bond acceptors (Lipinski definition) is 16. The quantitative estimate of drug-likeness (QED) is 0.109. The molecule has 20 heteroatoms. The summed E-state index contributed by atoms with van der Waals surface area (Å²) in [6.07, 6.45) is -0.876. The van der Waals surface area contributed by atoms with Gasteiger partial charge in [-0.05, 0) is 37.8 Å². The highest BCUT2D eigenvalue weighted by atomic mass is 17.0. The molecule has 0 N–H and O–H groups in total. The predicted octanol–water partition coefficient (Wildman–Crippen LogP) is 7.98. The number of pyridine rings is 2. The van der Waals surface area contributed by atoms with Crippen molar-refractivity contribution in [2.24, 2.45) is 20.5 Å². The number of nitro benzene ring substituents is 2. The number of hydrogen-bond donors (Lipinski definition) is 0. The Labute approximate surface area is 323 Å². The Hall–Kier alpha value is -7.48. The van der Waals surface area contributed by atoms with E-state index in [9.17, 15) is 40.3 Å². The molecule has 0 radical (unpaired) electrons. The van der Waals surface area contributed by atoms with Crippen LogP contribution >= 0.6 is 0 Å². The average Bonchev–Trinajstić information content (AvgIpc) is 3.30. The van der Waals surface area contributed by atoms with E-state index in [1.165, 1.54) is 12.1 Å². The third-order valence-electron chi connectivity index (χ3n) is 9.13. The molecule has 2 aromatic carbocycles. The van der Waals surface area contributed by atoms with E-state index in [0.29, 0.717) is 25.7 Å². The highest BCUT2D eigenvalue weighted by Crippen LogP contribution is 2.47. The second kappa shape index (κ2) is 16.1. The fourth-order valence-electron chi connectivity index (χ4n) is 6.24. The minimum Gasteiger partial charge on any atom is -0.384 e. The zero-order valence-corrected chi connectivity index (χ0v) is 31.2. The first kappa shape index (κ1) is 39.2. The van der Waals surface area contributed by atoms with Gasteiger partial charge in [-0.25, -0.2) is 0 Å². The number of nitrogens with zero attached hydrogens (tertiary/aromatic N) is 10. The van der Waals surface area contributed by atoms with Gasteiger partial charge in [0, 0.05) is 48.5 Å². The summed E-state index contributed by atoms with van der Waals surface area (Å²) in [7, 11) is 0. The summed E-state index contributed by atoms with van der Waals surface area (Å²) in [5.74, 6) is -1.27. The Morgan fingerprint density at radius 2 is 1.07 bits per heavy atom. The lowest BCUT2D eigenvalue weighted by molar-refractivity contribution is -0.385. The SMILES string of the molecule is CCCCn1c2c(c(CC)c(C#N)c1=O)N=Nc1cc([N+](=O)[O-])ccc1OC1(Oc3ccc([N+](=O)[O-])cc3N=Nc3c(CC)c(C#N)c(=O)n(CCCC)c3O1)O2. The molecule has 292 valence electrons. The molecule has 0 fully saturated rings. The Morgan fingerprint density at radius 1 is 0.667 bits per heavy atom. The van der Waals surface area contributed by atoms with Crippen molar-refractivity contribution in [3.05, 3.63) is 99.6 Å². The number of ether oxygens (including phenoxy) is 4. The average molecular weight is 779 g/mol. The molecule has 4 aromatic rings. The van der Waals surface area contributed by atoms with Gasteiger partial charge in [0.1, 0.15) is 34.6 Å². The number of aromatic nitrogens is 2. The van der Waals surface area contributed by atoms with E-state index in [1.807, 2.05) is 26.0 Å². The lowest BCUT2D eigenvalue weighted by atomic mass is 10.1. The summed E-state index contributed by atoms with van der Waals surface area (Å²) in [6.45, 7) is 7.05. The van der Waals surface area contributed by atoms with Crippen molar-refractivity contribution in [1.29, 1.82) is 10.5 Å². The standard InChI is InChI=1S/C37H34N10O10/c1-5-9-15-44-33(48)25(19-38)23(7-3)31-35(44)56-37(54-29-13-11-21(46(50)51)17-27(29)40-42-31)55-30-14-12-22(47(52)53)18-28(30)41-43-32-24(8-4)26(20-39)34(49)45(16-10-6-2)36(32)57-37/h11-14,17-18H,5-10,15-16H2,1-4H3. The smallest absolute Gasteiger partial charge is 0.384 e. The fourth-order valence-corrected chi connectivity index (χ4v) is 6.24. The van der Waals surface area contributed by atoms with Crippen LogP contribution in [0.3, 0.4) is 0 Å². The van der Waals surface area contributed by atoms with Crippen molar-refractivity contribution in [3.63, 3.8) is 0 Å². The van der Waals surface area contributed by atoms with Gasteiger partial charge in [-0.2, -0.15) is 10.5 Å². The molecule has 0 saturated carbocycles. The first-order valence-electron chi connectivity index (χ1n) is 18.0. The number of benzene rings is 2. The molecule has 0 amide bonds. The minimum atomic E-state index is -3.01. The Balaban J connectivity index is 1.81. The Bertz CT molecular complexity index is 2410. The highest BCUT2D eigenvalue weighted by Gasteiger charge is 2.50. The van der Waals surface area contributed by atoms with Gasteiger partial charge in [0.25, 0.3) is 22.5 Å². The molecule has 1 spiro atoms. The molecule has 20 nitrogen and oxygen atoms in total. The number of azo groups is 2. The van der Waals surface area contributed by atoms with Crippen molar-refractivity contribution >= 4 is 34.1 Å². The summed E-state index contributed by atoms with van der Waals surface area (Å²) in [5.41, 5.74) is -3.40. The van der Waals surface area contributed by atoms with Crippen molar-refractivity contribution in [2.75, 3.05) is 0 Å². The third-order valence-corrected chi connectivity index (χ3v) is 9.13. The molecule has 57 heavy (non-hydrogen) atoms. The van der Waals surface area contributed by atoms with Crippen LogP contribution in [0.25, 0.3) is 0 Å².